The second kappa shape index (κ2) is 5.46. The first-order valence-electron chi connectivity index (χ1n) is 5.29. The van der Waals surface area contributed by atoms with E-state index in [2.05, 4.69) is 20.9 Å². The fourth-order valence-corrected chi connectivity index (χ4v) is 2.01. The predicted molar refractivity (Wildman–Crippen MR) is 65.2 cm³/mol. The molecule has 0 aromatic carbocycles. The second-order valence-electron chi connectivity index (χ2n) is 3.61. The van der Waals surface area contributed by atoms with Crippen LogP contribution in [0.15, 0.2) is 16.7 Å². The van der Waals surface area contributed by atoms with Crippen molar-refractivity contribution in [2.24, 2.45) is 0 Å². The Hall–Kier alpha value is -1.14. The minimum absolute atomic E-state index is 0.0704. The van der Waals surface area contributed by atoms with Gasteiger partial charge in [-0.1, -0.05) is 0 Å². The van der Waals surface area contributed by atoms with Crippen molar-refractivity contribution in [1.82, 2.24) is 9.88 Å². The fraction of sp³-hybridized carbons (Fsp3) is 0.455. The van der Waals surface area contributed by atoms with E-state index in [4.69, 9.17) is 9.47 Å². The highest BCUT2D eigenvalue weighted by molar-refractivity contribution is 9.10. The Kier molecular flexibility index (Phi) is 3.96. The highest BCUT2D eigenvalue weighted by atomic mass is 79.9. The molecule has 1 amide bonds. The van der Waals surface area contributed by atoms with E-state index >= 15 is 0 Å². The molecule has 1 aliphatic rings. The number of carbonyl (C=O) groups excluding carboxylic acids is 1. The third-order valence-electron chi connectivity index (χ3n) is 2.54. The van der Waals surface area contributed by atoms with E-state index in [1.54, 1.807) is 17.2 Å². The van der Waals surface area contributed by atoms with Crippen molar-refractivity contribution >= 4 is 21.8 Å². The highest BCUT2D eigenvalue weighted by Crippen LogP contribution is 2.21. The highest BCUT2D eigenvalue weighted by Gasteiger charge is 2.22. The maximum absolute atomic E-state index is 12.3. The quantitative estimate of drug-likeness (QED) is 0.827. The Bertz CT molecular complexity index is 419. The summed E-state index contributed by atoms with van der Waals surface area (Å²) in [6.45, 7) is 2.37. The molecule has 0 spiro atoms. The summed E-state index contributed by atoms with van der Waals surface area (Å²) in [5.74, 6) is 0.281. The van der Waals surface area contributed by atoms with Gasteiger partial charge in [-0.15, -0.1) is 0 Å². The number of rotatable bonds is 2. The molecule has 1 saturated heterocycles. The lowest BCUT2D eigenvalue weighted by Crippen LogP contribution is -2.40. The molecule has 0 radical (unpaired) electrons. The van der Waals surface area contributed by atoms with Crippen LogP contribution in [0.3, 0.4) is 0 Å². The van der Waals surface area contributed by atoms with Gasteiger partial charge < -0.3 is 14.4 Å². The summed E-state index contributed by atoms with van der Waals surface area (Å²) in [5, 5.41) is 0. The van der Waals surface area contributed by atoms with E-state index in [9.17, 15) is 4.79 Å². The van der Waals surface area contributed by atoms with Gasteiger partial charge >= 0.3 is 0 Å². The molecule has 1 aromatic heterocycles. The number of methoxy groups -OCH3 is 1. The van der Waals surface area contributed by atoms with Gasteiger partial charge in [0.2, 0.25) is 5.88 Å². The van der Waals surface area contributed by atoms with Gasteiger partial charge in [-0.2, -0.15) is 0 Å². The number of morpholine rings is 1. The molecule has 1 fully saturated rings. The third kappa shape index (κ3) is 2.76. The number of amides is 1. The molecule has 0 unspecified atom stereocenters. The first-order chi connectivity index (χ1) is 8.22. The Labute approximate surface area is 108 Å². The molecule has 0 atom stereocenters. The zero-order valence-electron chi connectivity index (χ0n) is 9.48. The van der Waals surface area contributed by atoms with Gasteiger partial charge in [0.05, 0.1) is 20.3 Å². The van der Waals surface area contributed by atoms with Crippen LogP contribution in [0.25, 0.3) is 0 Å². The van der Waals surface area contributed by atoms with Crippen molar-refractivity contribution in [3.63, 3.8) is 0 Å². The maximum Gasteiger partial charge on any atom is 0.259 e. The standard InChI is InChI=1S/C11H13BrN2O3/c1-16-10-9(6-8(12)7-13-10)11(15)14-2-4-17-5-3-14/h6-7H,2-5H2,1H3. The molecule has 17 heavy (non-hydrogen) atoms. The number of ether oxygens (including phenoxy) is 2. The average Bonchev–Trinajstić information content (AvgIpc) is 2.39. The number of aromatic nitrogens is 1. The van der Waals surface area contributed by atoms with Gasteiger partial charge in [0.15, 0.2) is 0 Å². The van der Waals surface area contributed by atoms with Crippen molar-refractivity contribution in [1.29, 1.82) is 0 Å². The molecular weight excluding hydrogens is 288 g/mol. The molecule has 1 aromatic rings. The molecule has 5 nitrogen and oxygen atoms in total. The van der Waals surface area contributed by atoms with Crippen LogP contribution < -0.4 is 4.74 Å². The van der Waals surface area contributed by atoms with E-state index in [-0.39, 0.29) is 5.91 Å². The van der Waals surface area contributed by atoms with Gasteiger partial charge in [0.25, 0.3) is 5.91 Å². The Morgan fingerprint density at radius 2 is 2.24 bits per heavy atom. The van der Waals surface area contributed by atoms with Gasteiger partial charge in [-0.3, -0.25) is 4.79 Å². The topological polar surface area (TPSA) is 51.7 Å². The predicted octanol–water partition coefficient (Wildman–Crippen LogP) is 1.33. The SMILES string of the molecule is COc1ncc(Br)cc1C(=O)N1CCOCC1. The molecule has 2 heterocycles. The maximum atomic E-state index is 12.3. The van der Waals surface area contributed by atoms with Crippen LogP contribution in [0.2, 0.25) is 0 Å². The van der Waals surface area contributed by atoms with E-state index in [1.165, 1.54) is 7.11 Å². The number of hydrogen-bond donors (Lipinski definition) is 0. The molecule has 0 saturated carbocycles. The summed E-state index contributed by atoms with van der Waals surface area (Å²) in [6.07, 6.45) is 1.61. The lowest BCUT2D eigenvalue weighted by atomic mass is 10.2. The minimum Gasteiger partial charge on any atom is -0.480 e. The molecule has 0 aliphatic carbocycles. The number of carbonyl (C=O) groups is 1. The van der Waals surface area contributed by atoms with E-state index in [0.29, 0.717) is 37.7 Å². The van der Waals surface area contributed by atoms with Crippen molar-refractivity contribution in [2.75, 3.05) is 33.4 Å². The first-order valence-corrected chi connectivity index (χ1v) is 6.08. The monoisotopic (exact) mass is 300 g/mol. The molecule has 2 rings (SSSR count). The summed E-state index contributed by atoms with van der Waals surface area (Å²) < 4.78 is 11.1. The molecule has 92 valence electrons. The van der Waals surface area contributed by atoms with Crippen molar-refractivity contribution < 1.29 is 14.3 Å². The van der Waals surface area contributed by atoms with E-state index in [0.717, 1.165) is 4.47 Å². The number of halogens is 1. The average molecular weight is 301 g/mol. The summed E-state index contributed by atoms with van der Waals surface area (Å²) in [7, 11) is 1.51. The smallest absolute Gasteiger partial charge is 0.259 e. The van der Waals surface area contributed by atoms with Crippen LogP contribution in [0.1, 0.15) is 10.4 Å². The van der Waals surface area contributed by atoms with Gasteiger partial charge in [0, 0.05) is 23.8 Å². The Morgan fingerprint density at radius 1 is 1.53 bits per heavy atom. The molecule has 6 heteroatoms. The lowest BCUT2D eigenvalue weighted by Gasteiger charge is -2.27. The van der Waals surface area contributed by atoms with Crippen molar-refractivity contribution in [3.8, 4) is 5.88 Å². The largest absolute Gasteiger partial charge is 0.480 e. The second-order valence-corrected chi connectivity index (χ2v) is 4.53. The van der Waals surface area contributed by atoms with Gasteiger partial charge in [-0.05, 0) is 22.0 Å². The van der Waals surface area contributed by atoms with Gasteiger partial charge in [-0.25, -0.2) is 4.98 Å². The summed E-state index contributed by atoms with van der Waals surface area (Å²) in [4.78, 5) is 18.1. The number of nitrogens with zero attached hydrogens (tertiary/aromatic N) is 2. The minimum atomic E-state index is -0.0704. The van der Waals surface area contributed by atoms with Gasteiger partial charge in [0.1, 0.15) is 5.56 Å². The Morgan fingerprint density at radius 3 is 2.88 bits per heavy atom. The zero-order valence-corrected chi connectivity index (χ0v) is 11.1. The number of hydrogen-bond acceptors (Lipinski definition) is 4. The van der Waals surface area contributed by atoms with E-state index in [1.807, 2.05) is 0 Å². The van der Waals surface area contributed by atoms with Crippen LogP contribution in [0.5, 0.6) is 5.88 Å². The zero-order chi connectivity index (χ0) is 12.3. The number of pyridine rings is 1. The third-order valence-corrected chi connectivity index (χ3v) is 2.97. The summed E-state index contributed by atoms with van der Waals surface area (Å²) in [6, 6.07) is 1.73. The van der Waals surface area contributed by atoms with Crippen molar-refractivity contribution in [2.45, 2.75) is 0 Å². The van der Waals surface area contributed by atoms with Crippen LogP contribution in [0, 0.1) is 0 Å². The fourth-order valence-electron chi connectivity index (χ4n) is 1.68. The molecular formula is C11H13BrN2O3. The normalized spacial score (nSPS) is 15.8. The van der Waals surface area contributed by atoms with Crippen LogP contribution in [-0.4, -0.2) is 49.2 Å². The van der Waals surface area contributed by atoms with Crippen LogP contribution in [0.4, 0.5) is 0 Å². The summed E-state index contributed by atoms with van der Waals surface area (Å²) >= 11 is 3.30. The molecule has 0 N–H and O–H groups in total. The van der Waals surface area contributed by atoms with Crippen LogP contribution in [-0.2, 0) is 4.74 Å². The van der Waals surface area contributed by atoms with Crippen LogP contribution >= 0.6 is 15.9 Å². The lowest BCUT2D eigenvalue weighted by molar-refractivity contribution is 0.0300. The summed E-state index contributed by atoms with van der Waals surface area (Å²) in [5.41, 5.74) is 0.476. The Balaban J connectivity index is 2.25. The molecule has 1 aliphatic heterocycles. The van der Waals surface area contributed by atoms with E-state index < -0.39 is 0 Å². The first kappa shape index (κ1) is 12.3. The molecule has 0 bridgehead atoms. The van der Waals surface area contributed by atoms with Crippen molar-refractivity contribution in [3.05, 3.63) is 22.3 Å².